The Morgan fingerprint density at radius 2 is 2.12 bits per heavy atom. The van der Waals surface area contributed by atoms with Gasteiger partial charge in [0.2, 0.25) is 0 Å². The Morgan fingerprint density at radius 3 is 2.56 bits per heavy atom. The molecule has 0 bridgehead atoms. The molecule has 4 nitrogen and oxygen atoms in total. The summed E-state index contributed by atoms with van der Waals surface area (Å²) in [4.78, 5) is 0. The Morgan fingerprint density at radius 1 is 1.44 bits per heavy atom. The normalized spacial score (nSPS) is 27.2. The summed E-state index contributed by atoms with van der Waals surface area (Å²) >= 11 is 1.76. The maximum absolute atomic E-state index is 6.06. The molecule has 1 aromatic heterocycles. The van der Waals surface area contributed by atoms with Crippen molar-refractivity contribution >= 4 is 11.8 Å². The fraction of sp³-hybridized carbons (Fsp3) is 0.818. The minimum atomic E-state index is -0.111. The smallest absolute Gasteiger partial charge is 0.191 e. The van der Waals surface area contributed by atoms with Crippen LogP contribution in [0.5, 0.6) is 0 Å². The fourth-order valence-electron chi connectivity index (χ4n) is 2.20. The molecule has 0 amide bonds. The second kappa shape index (κ2) is 3.74. The standard InChI is InChI=1S/C11H19N3OS/c1-10(2)6-8(11(3,4)15-10)16-9-13-12-7-14(9)5/h7-8H,6H2,1-5H3/t8-/m0/s1. The molecule has 1 aliphatic rings. The summed E-state index contributed by atoms with van der Waals surface area (Å²) in [5, 5.41) is 9.39. The molecule has 0 N–H and O–H groups in total. The van der Waals surface area contributed by atoms with E-state index < -0.39 is 0 Å². The number of thioether (sulfide) groups is 1. The van der Waals surface area contributed by atoms with Gasteiger partial charge in [-0.3, -0.25) is 0 Å². The third-order valence-electron chi connectivity index (χ3n) is 2.91. The average Bonchev–Trinajstić information content (AvgIpc) is 2.56. The zero-order chi connectivity index (χ0) is 12.0. The van der Waals surface area contributed by atoms with Gasteiger partial charge in [-0.2, -0.15) is 0 Å². The molecule has 1 fully saturated rings. The molecule has 1 aromatic rings. The molecule has 0 saturated carbocycles. The van der Waals surface area contributed by atoms with Crippen molar-refractivity contribution < 1.29 is 4.74 Å². The van der Waals surface area contributed by atoms with Crippen molar-refractivity contribution in [3.8, 4) is 0 Å². The largest absolute Gasteiger partial charge is 0.368 e. The van der Waals surface area contributed by atoms with Gasteiger partial charge < -0.3 is 9.30 Å². The highest BCUT2D eigenvalue weighted by atomic mass is 32.2. The van der Waals surface area contributed by atoms with E-state index in [4.69, 9.17) is 4.74 Å². The summed E-state index contributed by atoms with van der Waals surface area (Å²) in [6.45, 7) is 8.59. The minimum Gasteiger partial charge on any atom is -0.368 e. The van der Waals surface area contributed by atoms with E-state index in [-0.39, 0.29) is 11.2 Å². The van der Waals surface area contributed by atoms with Crippen molar-refractivity contribution in [2.24, 2.45) is 7.05 Å². The molecule has 0 radical (unpaired) electrons. The summed E-state index contributed by atoms with van der Waals surface area (Å²) in [5.74, 6) is 0. The molecule has 16 heavy (non-hydrogen) atoms. The molecule has 1 saturated heterocycles. The summed E-state index contributed by atoms with van der Waals surface area (Å²) in [5.41, 5.74) is -0.153. The highest BCUT2D eigenvalue weighted by Crippen LogP contribution is 2.45. The summed E-state index contributed by atoms with van der Waals surface area (Å²) < 4.78 is 8.01. The van der Waals surface area contributed by atoms with Gasteiger partial charge in [-0.05, 0) is 34.1 Å². The molecule has 2 heterocycles. The Labute approximate surface area is 101 Å². The first-order valence-corrected chi connectivity index (χ1v) is 6.39. The lowest BCUT2D eigenvalue weighted by Gasteiger charge is -2.26. The van der Waals surface area contributed by atoms with Crippen LogP contribution in [0.1, 0.15) is 34.1 Å². The van der Waals surface area contributed by atoms with E-state index in [1.807, 2.05) is 11.6 Å². The molecule has 0 unspecified atom stereocenters. The predicted molar refractivity (Wildman–Crippen MR) is 64.5 cm³/mol. The Balaban J connectivity index is 2.14. The van der Waals surface area contributed by atoms with Crippen LogP contribution in [-0.2, 0) is 11.8 Å². The number of nitrogens with zero attached hydrogens (tertiary/aromatic N) is 3. The first kappa shape index (κ1) is 11.9. The molecule has 0 spiro atoms. The van der Waals surface area contributed by atoms with Crippen LogP contribution >= 0.6 is 11.8 Å². The minimum absolute atomic E-state index is 0.0419. The molecule has 5 heteroatoms. The van der Waals surface area contributed by atoms with Crippen LogP contribution in [0.2, 0.25) is 0 Å². The number of hydrogen-bond donors (Lipinski definition) is 0. The molecule has 0 aromatic carbocycles. The van der Waals surface area contributed by atoms with Gasteiger partial charge in [0.1, 0.15) is 6.33 Å². The monoisotopic (exact) mass is 241 g/mol. The van der Waals surface area contributed by atoms with Crippen molar-refractivity contribution in [2.75, 3.05) is 0 Å². The molecule has 2 rings (SSSR count). The lowest BCUT2D eigenvalue weighted by atomic mass is 10.0. The second-order valence-electron chi connectivity index (χ2n) is 5.50. The summed E-state index contributed by atoms with van der Waals surface area (Å²) in [6, 6.07) is 0. The number of ether oxygens (including phenoxy) is 1. The number of rotatable bonds is 2. The fourth-order valence-corrected chi connectivity index (χ4v) is 3.58. The van der Waals surface area contributed by atoms with Gasteiger partial charge in [-0.15, -0.1) is 10.2 Å². The zero-order valence-electron chi connectivity index (χ0n) is 10.5. The van der Waals surface area contributed by atoms with Crippen molar-refractivity contribution in [3.05, 3.63) is 6.33 Å². The quantitative estimate of drug-likeness (QED) is 0.796. The highest BCUT2D eigenvalue weighted by molar-refractivity contribution is 7.99. The third kappa shape index (κ3) is 2.25. The van der Waals surface area contributed by atoms with E-state index in [0.29, 0.717) is 5.25 Å². The van der Waals surface area contributed by atoms with Crippen molar-refractivity contribution in [1.29, 1.82) is 0 Å². The van der Waals surface area contributed by atoms with Crippen molar-refractivity contribution in [3.63, 3.8) is 0 Å². The molecular formula is C11H19N3OS. The molecule has 1 aliphatic heterocycles. The summed E-state index contributed by atoms with van der Waals surface area (Å²) in [6.07, 6.45) is 2.77. The Kier molecular flexibility index (Phi) is 2.78. The van der Waals surface area contributed by atoms with Crippen molar-refractivity contribution in [1.82, 2.24) is 14.8 Å². The van der Waals surface area contributed by atoms with Crippen LogP contribution in [0.4, 0.5) is 0 Å². The number of hydrogen-bond acceptors (Lipinski definition) is 4. The van der Waals surface area contributed by atoms with E-state index in [0.717, 1.165) is 11.6 Å². The average molecular weight is 241 g/mol. The van der Waals surface area contributed by atoms with Gasteiger partial charge in [0.25, 0.3) is 0 Å². The van der Waals surface area contributed by atoms with Crippen LogP contribution < -0.4 is 0 Å². The van der Waals surface area contributed by atoms with E-state index in [1.54, 1.807) is 18.1 Å². The first-order chi connectivity index (χ1) is 7.30. The maximum Gasteiger partial charge on any atom is 0.191 e. The van der Waals surface area contributed by atoms with E-state index in [2.05, 4.69) is 37.9 Å². The molecule has 0 aliphatic carbocycles. The van der Waals surface area contributed by atoms with E-state index >= 15 is 0 Å². The van der Waals surface area contributed by atoms with Gasteiger partial charge in [0, 0.05) is 12.3 Å². The van der Waals surface area contributed by atoms with Gasteiger partial charge >= 0.3 is 0 Å². The Bertz CT molecular complexity index is 386. The molecular weight excluding hydrogens is 222 g/mol. The third-order valence-corrected chi connectivity index (χ3v) is 4.51. The number of aromatic nitrogens is 3. The number of aryl methyl sites for hydroxylation is 1. The van der Waals surface area contributed by atoms with Gasteiger partial charge in [-0.1, -0.05) is 11.8 Å². The topological polar surface area (TPSA) is 39.9 Å². The van der Waals surface area contributed by atoms with Crippen LogP contribution in [0, 0.1) is 0 Å². The SMILES string of the molecule is Cn1cnnc1S[C@H]1CC(C)(C)OC1(C)C. The lowest BCUT2D eigenvalue weighted by Crippen LogP contribution is -2.31. The molecule has 1 atom stereocenters. The zero-order valence-corrected chi connectivity index (χ0v) is 11.3. The molecule has 90 valence electrons. The summed E-state index contributed by atoms with van der Waals surface area (Å²) in [7, 11) is 1.97. The van der Waals surface area contributed by atoms with E-state index in [1.165, 1.54) is 0 Å². The van der Waals surface area contributed by atoms with Crippen LogP contribution in [0.3, 0.4) is 0 Å². The van der Waals surface area contributed by atoms with Crippen molar-refractivity contribution in [2.45, 2.75) is 55.7 Å². The second-order valence-corrected chi connectivity index (χ2v) is 6.67. The highest BCUT2D eigenvalue weighted by Gasteiger charge is 2.46. The van der Waals surface area contributed by atoms with Crippen LogP contribution in [-0.4, -0.2) is 31.2 Å². The van der Waals surface area contributed by atoms with Gasteiger partial charge in [0.15, 0.2) is 5.16 Å². The predicted octanol–water partition coefficient (Wildman–Crippen LogP) is 2.25. The maximum atomic E-state index is 6.06. The van der Waals surface area contributed by atoms with Crippen LogP contribution in [0.25, 0.3) is 0 Å². The first-order valence-electron chi connectivity index (χ1n) is 5.51. The van der Waals surface area contributed by atoms with E-state index in [9.17, 15) is 0 Å². The van der Waals surface area contributed by atoms with Gasteiger partial charge in [0.05, 0.1) is 11.2 Å². The van der Waals surface area contributed by atoms with Crippen LogP contribution in [0.15, 0.2) is 11.5 Å². The van der Waals surface area contributed by atoms with Gasteiger partial charge in [-0.25, -0.2) is 0 Å². The Hall–Kier alpha value is -0.550. The lowest BCUT2D eigenvalue weighted by molar-refractivity contribution is -0.0631.